The summed E-state index contributed by atoms with van der Waals surface area (Å²) in [5.74, 6) is -0.167. The summed E-state index contributed by atoms with van der Waals surface area (Å²) in [4.78, 5) is 22.9. The second-order valence-electron chi connectivity index (χ2n) is 3.42. The van der Waals surface area contributed by atoms with E-state index in [0.717, 1.165) is 0 Å². The van der Waals surface area contributed by atoms with E-state index in [1.807, 2.05) is 0 Å². The van der Waals surface area contributed by atoms with Crippen molar-refractivity contribution in [3.8, 4) is 0 Å². The number of hydrogen-bond donors (Lipinski definition) is 1. The lowest BCUT2D eigenvalue weighted by Gasteiger charge is -2.04. The minimum Gasteiger partial charge on any atom is -0.444 e. The van der Waals surface area contributed by atoms with Gasteiger partial charge in [-0.05, 0) is 34.1 Å². The number of amides is 1. The Morgan fingerprint density at radius 2 is 2.12 bits per heavy atom. The Labute approximate surface area is 105 Å². The predicted molar refractivity (Wildman–Crippen MR) is 66.0 cm³/mol. The average molecular weight is 297 g/mol. The van der Waals surface area contributed by atoms with Crippen LogP contribution in [-0.2, 0) is 7.05 Å². The van der Waals surface area contributed by atoms with Crippen molar-refractivity contribution in [3.63, 3.8) is 0 Å². The molecule has 5 nitrogen and oxygen atoms in total. The zero-order chi connectivity index (χ0) is 12.4. The van der Waals surface area contributed by atoms with Gasteiger partial charge < -0.3 is 14.3 Å². The molecule has 6 heteroatoms. The van der Waals surface area contributed by atoms with Gasteiger partial charge >= 0.3 is 0 Å². The molecule has 0 aliphatic heterocycles. The number of nitrogens with zero attached hydrogens (tertiary/aromatic N) is 1. The SMILES string of the molecule is Cn1cc(NC(=O)c2ccc(Br)o2)ccc1=O. The van der Waals surface area contributed by atoms with E-state index < -0.39 is 0 Å². The molecule has 1 N–H and O–H groups in total. The number of carbonyl (C=O) groups is 1. The molecule has 0 saturated carbocycles. The molecular weight excluding hydrogens is 288 g/mol. The van der Waals surface area contributed by atoms with Crippen LogP contribution in [0.3, 0.4) is 0 Å². The third-order valence-electron chi connectivity index (χ3n) is 2.14. The molecule has 2 rings (SSSR count). The van der Waals surface area contributed by atoms with E-state index in [0.29, 0.717) is 10.4 Å². The van der Waals surface area contributed by atoms with Gasteiger partial charge in [0.1, 0.15) is 0 Å². The summed E-state index contributed by atoms with van der Waals surface area (Å²) in [6.07, 6.45) is 1.54. The third kappa shape index (κ3) is 2.65. The highest BCUT2D eigenvalue weighted by molar-refractivity contribution is 9.10. The summed E-state index contributed by atoms with van der Waals surface area (Å²) in [6.45, 7) is 0. The summed E-state index contributed by atoms with van der Waals surface area (Å²) in [7, 11) is 1.61. The van der Waals surface area contributed by atoms with Crippen LogP contribution in [0.5, 0.6) is 0 Å². The Hall–Kier alpha value is -1.82. The van der Waals surface area contributed by atoms with Gasteiger partial charge in [0.2, 0.25) is 5.56 Å². The van der Waals surface area contributed by atoms with Gasteiger partial charge in [-0.15, -0.1) is 0 Å². The molecule has 0 radical (unpaired) electrons. The van der Waals surface area contributed by atoms with Gasteiger partial charge in [-0.2, -0.15) is 0 Å². The first-order chi connectivity index (χ1) is 8.06. The van der Waals surface area contributed by atoms with Crippen LogP contribution in [0.2, 0.25) is 0 Å². The molecular formula is C11H9BrN2O3. The molecule has 17 heavy (non-hydrogen) atoms. The Kier molecular flexibility index (Phi) is 3.14. The van der Waals surface area contributed by atoms with Crippen molar-refractivity contribution in [3.05, 3.63) is 51.2 Å². The van der Waals surface area contributed by atoms with Gasteiger partial charge in [0.05, 0.1) is 5.69 Å². The second-order valence-corrected chi connectivity index (χ2v) is 4.21. The van der Waals surface area contributed by atoms with Gasteiger partial charge in [-0.1, -0.05) is 0 Å². The molecule has 0 aliphatic rings. The van der Waals surface area contributed by atoms with Crippen LogP contribution in [0.25, 0.3) is 0 Å². The predicted octanol–water partition coefficient (Wildman–Crippen LogP) is 1.99. The monoisotopic (exact) mass is 296 g/mol. The van der Waals surface area contributed by atoms with Gasteiger partial charge in [0, 0.05) is 19.3 Å². The van der Waals surface area contributed by atoms with Crippen molar-refractivity contribution in [2.24, 2.45) is 7.05 Å². The minimum atomic E-state index is -0.366. The summed E-state index contributed by atoms with van der Waals surface area (Å²) in [5.41, 5.74) is 0.397. The van der Waals surface area contributed by atoms with E-state index in [4.69, 9.17) is 4.42 Å². The molecule has 0 spiro atoms. The van der Waals surface area contributed by atoms with Crippen LogP contribution in [-0.4, -0.2) is 10.5 Å². The van der Waals surface area contributed by atoms with Crippen LogP contribution >= 0.6 is 15.9 Å². The summed E-state index contributed by atoms with van der Waals surface area (Å²) >= 11 is 3.11. The molecule has 0 unspecified atom stereocenters. The fraction of sp³-hybridized carbons (Fsp3) is 0.0909. The number of hydrogen-bond acceptors (Lipinski definition) is 3. The fourth-order valence-electron chi connectivity index (χ4n) is 1.30. The standard InChI is InChI=1S/C11H9BrN2O3/c1-14-6-7(2-5-10(14)15)13-11(16)8-3-4-9(12)17-8/h2-6H,1H3,(H,13,16). The molecule has 0 aliphatic carbocycles. The Morgan fingerprint density at radius 1 is 1.35 bits per heavy atom. The van der Waals surface area contributed by atoms with E-state index in [1.54, 1.807) is 19.2 Å². The first-order valence-electron chi connectivity index (χ1n) is 4.79. The maximum Gasteiger partial charge on any atom is 0.291 e. The summed E-state index contributed by atoms with van der Waals surface area (Å²) in [5, 5.41) is 2.63. The number of pyridine rings is 1. The minimum absolute atomic E-state index is 0.135. The van der Waals surface area contributed by atoms with E-state index in [9.17, 15) is 9.59 Å². The molecule has 2 aromatic rings. The molecule has 0 fully saturated rings. The highest BCUT2D eigenvalue weighted by atomic mass is 79.9. The van der Waals surface area contributed by atoms with Crippen molar-refractivity contribution in [2.75, 3.05) is 5.32 Å². The molecule has 0 saturated heterocycles. The highest BCUT2D eigenvalue weighted by Gasteiger charge is 2.10. The number of carbonyl (C=O) groups excluding carboxylic acids is 1. The largest absolute Gasteiger partial charge is 0.444 e. The third-order valence-corrected chi connectivity index (χ3v) is 2.57. The Bertz CT molecular complexity index is 615. The van der Waals surface area contributed by atoms with Crippen molar-refractivity contribution in [2.45, 2.75) is 0 Å². The number of rotatable bonds is 2. The number of furan rings is 1. The molecule has 88 valence electrons. The highest BCUT2D eigenvalue weighted by Crippen LogP contribution is 2.15. The Balaban J connectivity index is 2.18. The van der Waals surface area contributed by atoms with Crippen LogP contribution < -0.4 is 10.9 Å². The lowest BCUT2D eigenvalue weighted by Crippen LogP contribution is -2.17. The van der Waals surface area contributed by atoms with E-state index in [1.165, 1.54) is 22.9 Å². The second kappa shape index (κ2) is 4.58. The number of anilines is 1. The van der Waals surface area contributed by atoms with Gasteiger partial charge in [-0.3, -0.25) is 9.59 Å². The molecule has 2 aromatic heterocycles. The van der Waals surface area contributed by atoms with Crippen molar-refractivity contribution in [1.82, 2.24) is 4.57 Å². The molecule has 2 heterocycles. The van der Waals surface area contributed by atoms with Gasteiger partial charge in [0.25, 0.3) is 5.91 Å². The number of aryl methyl sites for hydroxylation is 1. The van der Waals surface area contributed by atoms with Crippen LogP contribution in [0.1, 0.15) is 10.6 Å². The zero-order valence-electron chi connectivity index (χ0n) is 8.94. The molecule has 1 amide bonds. The average Bonchev–Trinajstić information content (AvgIpc) is 2.70. The molecule has 0 bridgehead atoms. The molecule has 0 atom stereocenters. The number of aromatic nitrogens is 1. The van der Waals surface area contributed by atoms with Crippen LogP contribution in [0.4, 0.5) is 5.69 Å². The smallest absolute Gasteiger partial charge is 0.291 e. The van der Waals surface area contributed by atoms with Crippen LogP contribution in [0.15, 0.2) is 44.3 Å². The van der Waals surface area contributed by atoms with E-state index in [2.05, 4.69) is 21.2 Å². The van der Waals surface area contributed by atoms with E-state index in [-0.39, 0.29) is 17.2 Å². The first-order valence-corrected chi connectivity index (χ1v) is 5.59. The van der Waals surface area contributed by atoms with Crippen molar-refractivity contribution < 1.29 is 9.21 Å². The maximum atomic E-state index is 11.7. The van der Waals surface area contributed by atoms with Crippen molar-refractivity contribution in [1.29, 1.82) is 0 Å². The fourth-order valence-corrected chi connectivity index (χ4v) is 1.60. The first kappa shape index (κ1) is 11.7. The van der Waals surface area contributed by atoms with Gasteiger partial charge in [0.15, 0.2) is 10.4 Å². The zero-order valence-corrected chi connectivity index (χ0v) is 10.5. The topological polar surface area (TPSA) is 64.2 Å². The van der Waals surface area contributed by atoms with Crippen molar-refractivity contribution >= 4 is 27.5 Å². The van der Waals surface area contributed by atoms with Crippen LogP contribution in [0, 0.1) is 0 Å². The normalized spacial score (nSPS) is 10.2. The number of halogens is 1. The summed E-state index contributed by atoms with van der Waals surface area (Å²) < 4.78 is 6.98. The number of nitrogens with one attached hydrogen (secondary N) is 1. The Morgan fingerprint density at radius 3 is 2.71 bits per heavy atom. The maximum absolute atomic E-state index is 11.7. The van der Waals surface area contributed by atoms with E-state index >= 15 is 0 Å². The molecule has 0 aromatic carbocycles. The quantitative estimate of drug-likeness (QED) is 0.922. The lowest BCUT2D eigenvalue weighted by molar-refractivity contribution is 0.0995. The summed E-state index contributed by atoms with van der Waals surface area (Å²) in [6, 6.07) is 6.11. The lowest BCUT2D eigenvalue weighted by atomic mass is 10.3. The van der Waals surface area contributed by atoms with Gasteiger partial charge in [-0.25, -0.2) is 0 Å².